The molecule has 0 unspecified atom stereocenters. The molecule has 0 bridgehead atoms. The average molecular weight is 462 g/mol. The van der Waals surface area contributed by atoms with E-state index in [-0.39, 0.29) is 6.03 Å². The van der Waals surface area contributed by atoms with Crippen molar-refractivity contribution in [1.29, 1.82) is 0 Å². The van der Waals surface area contributed by atoms with E-state index in [0.29, 0.717) is 30.2 Å². The minimum absolute atomic E-state index is 0.166. The standard InChI is InChI=1S/C28H23N5O2/c1-29-25-11-4-2-9-23(25)14-13-21-7-6-8-22(19-21)20-32-15-17-33(18-16-32)28(34)30-27-24-10-3-5-12-26(24)35-31-27/h2-12,19H,15-18,20H2,(H,30,31,34). The van der Waals surface area contributed by atoms with Gasteiger partial charge in [-0.2, -0.15) is 0 Å². The molecule has 0 radical (unpaired) electrons. The number of carbonyl (C=O) groups excluding carboxylic acids is 1. The number of benzene rings is 3. The minimum atomic E-state index is -0.166. The number of carbonyl (C=O) groups is 1. The zero-order chi connectivity index (χ0) is 24.0. The minimum Gasteiger partial charge on any atom is -0.354 e. The van der Waals surface area contributed by atoms with E-state index < -0.39 is 0 Å². The molecule has 5 rings (SSSR count). The van der Waals surface area contributed by atoms with E-state index in [4.69, 9.17) is 11.1 Å². The maximum atomic E-state index is 12.7. The van der Waals surface area contributed by atoms with Crippen LogP contribution in [0.15, 0.2) is 77.3 Å². The van der Waals surface area contributed by atoms with Crippen molar-refractivity contribution in [2.45, 2.75) is 6.54 Å². The smallest absolute Gasteiger partial charge is 0.323 e. The van der Waals surface area contributed by atoms with Gasteiger partial charge in [0.25, 0.3) is 0 Å². The molecule has 0 saturated carbocycles. The van der Waals surface area contributed by atoms with Crippen LogP contribution in [0.5, 0.6) is 0 Å². The molecule has 1 aliphatic rings. The molecule has 7 nitrogen and oxygen atoms in total. The summed E-state index contributed by atoms with van der Waals surface area (Å²) in [4.78, 5) is 20.4. The second-order valence-electron chi connectivity index (χ2n) is 8.30. The summed E-state index contributed by atoms with van der Waals surface area (Å²) >= 11 is 0. The van der Waals surface area contributed by atoms with Crippen LogP contribution in [0.25, 0.3) is 15.8 Å². The summed E-state index contributed by atoms with van der Waals surface area (Å²) in [7, 11) is 0. The molecule has 1 N–H and O–H groups in total. The van der Waals surface area contributed by atoms with Crippen LogP contribution in [-0.2, 0) is 6.54 Å². The van der Waals surface area contributed by atoms with Gasteiger partial charge in [0.15, 0.2) is 11.4 Å². The summed E-state index contributed by atoms with van der Waals surface area (Å²) in [6.07, 6.45) is 0. The summed E-state index contributed by atoms with van der Waals surface area (Å²) in [5.41, 5.74) is 4.04. The first-order valence-electron chi connectivity index (χ1n) is 11.4. The molecule has 0 spiro atoms. The predicted octanol–water partition coefficient (Wildman–Crippen LogP) is 5.13. The first kappa shape index (κ1) is 22.2. The van der Waals surface area contributed by atoms with Gasteiger partial charge in [-0.25, -0.2) is 9.64 Å². The number of urea groups is 1. The molecule has 1 aliphatic heterocycles. The first-order valence-corrected chi connectivity index (χ1v) is 11.4. The van der Waals surface area contributed by atoms with Gasteiger partial charge in [0, 0.05) is 43.9 Å². The molecule has 1 aromatic heterocycles. The van der Waals surface area contributed by atoms with Crippen molar-refractivity contribution in [3.05, 3.63) is 101 Å². The monoisotopic (exact) mass is 461 g/mol. The van der Waals surface area contributed by atoms with Crippen molar-refractivity contribution in [2.24, 2.45) is 0 Å². The first-order chi connectivity index (χ1) is 17.2. The number of rotatable bonds is 3. The third kappa shape index (κ3) is 5.16. The molecular formula is C28H23N5O2. The number of piperazine rings is 1. The van der Waals surface area contributed by atoms with Crippen LogP contribution in [0.4, 0.5) is 16.3 Å². The number of anilines is 1. The van der Waals surface area contributed by atoms with Crippen LogP contribution < -0.4 is 5.32 Å². The summed E-state index contributed by atoms with van der Waals surface area (Å²) in [6, 6.07) is 22.8. The highest BCUT2D eigenvalue weighted by molar-refractivity contribution is 5.98. The van der Waals surface area contributed by atoms with Crippen molar-refractivity contribution in [1.82, 2.24) is 15.0 Å². The zero-order valence-corrected chi connectivity index (χ0v) is 19.1. The third-order valence-corrected chi connectivity index (χ3v) is 5.96. The maximum absolute atomic E-state index is 12.7. The van der Waals surface area contributed by atoms with Crippen LogP contribution in [0.1, 0.15) is 16.7 Å². The van der Waals surface area contributed by atoms with E-state index in [1.54, 1.807) is 11.0 Å². The quantitative estimate of drug-likeness (QED) is 0.339. The third-order valence-electron chi connectivity index (χ3n) is 5.96. The van der Waals surface area contributed by atoms with Gasteiger partial charge in [0.05, 0.1) is 12.0 Å². The van der Waals surface area contributed by atoms with Gasteiger partial charge < -0.3 is 9.42 Å². The highest BCUT2D eigenvalue weighted by Gasteiger charge is 2.22. The molecule has 4 aromatic rings. The molecule has 7 heteroatoms. The van der Waals surface area contributed by atoms with Crippen molar-refractivity contribution in [3.8, 4) is 11.8 Å². The van der Waals surface area contributed by atoms with Crippen molar-refractivity contribution in [2.75, 3.05) is 31.5 Å². The number of hydrogen-bond acceptors (Lipinski definition) is 4. The summed E-state index contributed by atoms with van der Waals surface area (Å²) in [6.45, 7) is 10.9. The van der Waals surface area contributed by atoms with Gasteiger partial charge in [0.1, 0.15) is 0 Å². The number of nitrogens with zero attached hydrogens (tertiary/aromatic N) is 4. The molecule has 3 aromatic carbocycles. The van der Waals surface area contributed by atoms with E-state index in [0.717, 1.165) is 36.1 Å². The number of para-hydroxylation sites is 2. The number of nitrogens with one attached hydrogen (secondary N) is 1. The summed E-state index contributed by atoms with van der Waals surface area (Å²) < 4.78 is 5.27. The predicted molar refractivity (Wildman–Crippen MR) is 135 cm³/mol. The Morgan fingerprint density at radius 1 is 1.00 bits per heavy atom. The van der Waals surface area contributed by atoms with Gasteiger partial charge in [-0.3, -0.25) is 10.2 Å². The Bertz CT molecular complexity index is 1470. The van der Waals surface area contributed by atoms with Crippen LogP contribution in [0.2, 0.25) is 0 Å². The molecule has 0 aliphatic carbocycles. The van der Waals surface area contributed by atoms with E-state index >= 15 is 0 Å². The lowest BCUT2D eigenvalue weighted by atomic mass is 10.1. The Hall–Kier alpha value is -4.59. The Balaban J connectivity index is 1.17. The Labute approximate surface area is 203 Å². The van der Waals surface area contributed by atoms with Crippen molar-refractivity contribution >= 4 is 28.5 Å². The van der Waals surface area contributed by atoms with Crippen LogP contribution in [0.3, 0.4) is 0 Å². The lowest BCUT2D eigenvalue weighted by Gasteiger charge is -2.34. The molecular weight excluding hydrogens is 438 g/mol. The number of hydrogen-bond donors (Lipinski definition) is 1. The second-order valence-corrected chi connectivity index (χ2v) is 8.30. The van der Waals surface area contributed by atoms with E-state index in [9.17, 15) is 4.79 Å². The number of amides is 2. The molecule has 172 valence electrons. The van der Waals surface area contributed by atoms with Gasteiger partial charge in [-0.15, -0.1) is 0 Å². The fourth-order valence-electron chi connectivity index (χ4n) is 4.09. The molecule has 35 heavy (non-hydrogen) atoms. The van der Waals surface area contributed by atoms with E-state index in [1.807, 2.05) is 54.6 Å². The second kappa shape index (κ2) is 10.1. The lowest BCUT2D eigenvalue weighted by Crippen LogP contribution is -2.49. The van der Waals surface area contributed by atoms with Crippen LogP contribution >= 0.6 is 0 Å². The summed E-state index contributed by atoms with van der Waals surface area (Å²) in [5.74, 6) is 6.75. The zero-order valence-electron chi connectivity index (χ0n) is 19.1. The van der Waals surface area contributed by atoms with E-state index in [2.05, 4.69) is 44.2 Å². The van der Waals surface area contributed by atoms with Crippen LogP contribution in [0, 0.1) is 18.4 Å². The maximum Gasteiger partial charge on any atom is 0.323 e. The topological polar surface area (TPSA) is 66.0 Å². The fourth-order valence-corrected chi connectivity index (χ4v) is 4.09. The van der Waals surface area contributed by atoms with Gasteiger partial charge in [-0.1, -0.05) is 65.5 Å². The molecule has 2 amide bonds. The Morgan fingerprint density at radius 3 is 2.66 bits per heavy atom. The summed E-state index contributed by atoms with van der Waals surface area (Å²) in [5, 5.41) is 7.65. The highest BCUT2D eigenvalue weighted by Crippen LogP contribution is 2.22. The largest absolute Gasteiger partial charge is 0.354 e. The molecule has 1 saturated heterocycles. The van der Waals surface area contributed by atoms with Gasteiger partial charge >= 0.3 is 6.03 Å². The highest BCUT2D eigenvalue weighted by atomic mass is 16.5. The van der Waals surface area contributed by atoms with Crippen molar-refractivity contribution in [3.63, 3.8) is 0 Å². The van der Waals surface area contributed by atoms with Crippen LogP contribution in [-0.4, -0.2) is 47.2 Å². The van der Waals surface area contributed by atoms with Crippen molar-refractivity contribution < 1.29 is 9.32 Å². The molecule has 1 fully saturated rings. The SMILES string of the molecule is [C-]#[N+]c1ccccc1C#Cc1cccc(CN2CCN(C(=O)Nc3noc4ccccc34)CC2)c1. The van der Waals surface area contributed by atoms with E-state index in [1.165, 1.54) is 5.56 Å². The number of aromatic nitrogens is 1. The molecule has 0 atom stereocenters. The lowest BCUT2D eigenvalue weighted by molar-refractivity contribution is 0.143. The number of fused-ring (bicyclic) bond motifs is 1. The Kier molecular flexibility index (Phi) is 6.43. The van der Waals surface area contributed by atoms with Gasteiger partial charge in [0.2, 0.25) is 5.69 Å². The van der Waals surface area contributed by atoms with Gasteiger partial charge in [-0.05, 0) is 29.8 Å². The fraction of sp³-hybridized carbons (Fsp3) is 0.179. The molecule has 2 heterocycles. The normalized spacial score (nSPS) is 13.6. The Morgan fingerprint density at radius 2 is 1.80 bits per heavy atom. The average Bonchev–Trinajstić information content (AvgIpc) is 3.31.